The molecule has 1 unspecified atom stereocenters. The molecule has 0 aromatic carbocycles. The van der Waals surface area contributed by atoms with Gasteiger partial charge in [0.1, 0.15) is 5.82 Å². The lowest BCUT2D eigenvalue weighted by atomic mass is 10.1. The number of methoxy groups -OCH3 is 1. The summed E-state index contributed by atoms with van der Waals surface area (Å²) in [5, 5.41) is 4.58. The van der Waals surface area contributed by atoms with Gasteiger partial charge in [-0.3, -0.25) is 4.68 Å². The van der Waals surface area contributed by atoms with E-state index < -0.39 is 0 Å². The van der Waals surface area contributed by atoms with Crippen molar-refractivity contribution >= 4 is 5.82 Å². The summed E-state index contributed by atoms with van der Waals surface area (Å²) in [6, 6.07) is 0.139. The topological polar surface area (TPSA) is 56.3 Å². The first-order valence-corrected chi connectivity index (χ1v) is 7.38. The highest BCUT2D eigenvalue weighted by Gasteiger charge is 2.20. The summed E-state index contributed by atoms with van der Waals surface area (Å²) in [5.74, 6) is 1.77. The molecule has 116 valence electrons. The van der Waals surface area contributed by atoms with E-state index in [4.69, 9.17) is 10.5 Å². The lowest BCUT2D eigenvalue weighted by Crippen LogP contribution is -2.33. The van der Waals surface area contributed by atoms with Crippen LogP contribution in [0.25, 0.3) is 0 Å². The van der Waals surface area contributed by atoms with Gasteiger partial charge in [-0.05, 0) is 26.2 Å². The third-order valence-electron chi connectivity index (χ3n) is 3.29. The molecular weight excluding hydrogens is 252 g/mol. The molecule has 1 aromatic rings. The molecule has 0 aliphatic rings. The van der Waals surface area contributed by atoms with Crippen LogP contribution in [0.5, 0.6) is 0 Å². The van der Waals surface area contributed by atoms with Gasteiger partial charge in [0.25, 0.3) is 0 Å². The molecule has 0 aliphatic carbocycles. The lowest BCUT2D eigenvalue weighted by molar-refractivity contribution is 0.204. The Morgan fingerprint density at radius 2 is 2.00 bits per heavy atom. The van der Waals surface area contributed by atoms with E-state index in [1.807, 2.05) is 18.7 Å². The molecular formula is C15H30N4O. The molecule has 5 nitrogen and oxygen atoms in total. The number of hydrogen-bond acceptors (Lipinski definition) is 4. The monoisotopic (exact) mass is 282 g/mol. The third-order valence-corrected chi connectivity index (χ3v) is 3.29. The van der Waals surface area contributed by atoms with Gasteiger partial charge in [0, 0.05) is 38.9 Å². The molecule has 2 N–H and O–H groups in total. The first-order chi connectivity index (χ1) is 9.36. The highest BCUT2D eigenvalue weighted by molar-refractivity contribution is 5.50. The Labute approximate surface area is 123 Å². The third kappa shape index (κ3) is 4.49. The van der Waals surface area contributed by atoms with E-state index in [1.165, 1.54) is 11.4 Å². The van der Waals surface area contributed by atoms with Crippen LogP contribution in [0.4, 0.5) is 5.82 Å². The maximum absolute atomic E-state index is 5.99. The molecule has 0 fully saturated rings. The molecule has 1 rings (SSSR count). The zero-order chi connectivity index (χ0) is 15.3. The molecule has 0 bridgehead atoms. The SMILES string of the molecule is COCCN(CC(C)C)c1c(CC(C)N)c(C)nn1C. The lowest BCUT2D eigenvalue weighted by Gasteiger charge is -2.28. The fourth-order valence-electron chi connectivity index (χ4n) is 2.57. The van der Waals surface area contributed by atoms with Crippen LogP contribution < -0.4 is 10.6 Å². The molecule has 1 heterocycles. The molecule has 0 spiro atoms. The van der Waals surface area contributed by atoms with E-state index in [0.717, 1.165) is 25.2 Å². The van der Waals surface area contributed by atoms with Crippen molar-refractivity contribution in [1.82, 2.24) is 9.78 Å². The average molecular weight is 282 g/mol. The van der Waals surface area contributed by atoms with Crippen LogP contribution in [0.15, 0.2) is 0 Å². The standard InChI is InChI=1S/C15H30N4O/c1-11(2)10-19(7-8-20-6)15-14(9-12(3)16)13(4)17-18(15)5/h11-12H,7-10,16H2,1-6H3. The van der Waals surface area contributed by atoms with Crippen molar-refractivity contribution < 1.29 is 4.74 Å². The minimum absolute atomic E-state index is 0.139. The van der Waals surface area contributed by atoms with Crippen molar-refractivity contribution in [3.05, 3.63) is 11.3 Å². The summed E-state index contributed by atoms with van der Waals surface area (Å²) in [5.41, 5.74) is 8.33. The highest BCUT2D eigenvalue weighted by atomic mass is 16.5. The van der Waals surface area contributed by atoms with Crippen LogP contribution in [-0.4, -0.2) is 42.6 Å². The van der Waals surface area contributed by atoms with Crippen LogP contribution in [0.1, 0.15) is 32.0 Å². The first-order valence-electron chi connectivity index (χ1n) is 7.38. The van der Waals surface area contributed by atoms with E-state index in [2.05, 4.69) is 30.8 Å². The van der Waals surface area contributed by atoms with Gasteiger partial charge >= 0.3 is 0 Å². The van der Waals surface area contributed by atoms with Gasteiger partial charge < -0.3 is 15.4 Å². The summed E-state index contributed by atoms with van der Waals surface area (Å²) >= 11 is 0. The predicted octanol–water partition coefficient (Wildman–Crippen LogP) is 1.73. The van der Waals surface area contributed by atoms with Gasteiger partial charge in [0.2, 0.25) is 0 Å². The first kappa shape index (κ1) is 17.0. The van der Waals surface area contributed by atoms with Crippen LogP contribution in [0.3, 0.4) is 0 Å². The summed E-state index contributed by atoms with van der Waals surface area (Å²) in [4.78, 5) is 2.37. The molecule has 5 heteroatoms. The minimum atomic E-state index is 0.139. The second kappa shape index (κ2) is 7.64. The van der Waals surface area contributed by atoms with Crippen molar-refractivity contribution in [2.24, 2.45) is 18.7 Å². The van der Waals surface area contributed by atoms with Gasteiger partial charge in [-0.15, -0.1) is 0 Å². The maximum atomic E-state index is 5.99. The number of rotatable bonds is 8. The van der Waals surface area contributed by atoms with Gasteiger partial charge in [0.15, 0.2) is 0 Å². The summed E-state index contributed by atoms with van der Waals surface area (Å²) < 4.78 is 7.22. The summed E-state index contributed by atoms with van der Waals surface area (Å²) in [7, 11) is 3.75. The fourth-order valence-corrected chi connectivity index (χ4v) is 2.57. The Kier molecular flexibility index (Phi) is 6.49. The molecule has 0 saturated carbocycles. The number of aryl methyl sites for hydroxylation is 2. The van der Waals surface area contributed by atoms with Crippen molar-refractivity contribution in [3.63, 3.8) is 0 Å². The zero-order valence-electron chi connectivity index (χ0n) is 13.8. The van der Waals surface area contributed by atoms with Gasteiger partial charge in [-0.1, -0.05) is 13.8 Å². The molecule has 20 heavy (non-hydrogen) atoms. The maximum Gasteiger partial charge on any atom is 0.130 e. The van der Waals surface area contributed by atoms with Crippen molar-refractivity contribution in [3.8, 4) is 0 Å². The van der Waals surface area contributed by atoms with E-state index in [-0.39, 0.29) is 6.04 Å². The largest absolute Gasteiger partial charge is 0.383 e. The minimum Gasteiger partial charge on any atom is -0.383 e. The van der Waals surface area contributed by atoms with Crippen molar-refractivity contribution in [1.29, 1.82) is 0 Å². The Morgan fingerprint density at radius 1 is 1.35 bits per heavy atom. The zero-order valence-corrected chi connectivity index (χ0v) is 13.8. The molecule has 0 saturated heterocycles. The van der Waals surface area contributed by atoms with E-state index >= 15 is 0 Å². The van der Waals surface area contributed by atoms with Gasteiger partial charge in [-0.2, -0.15) is 5.10 Å². The fraction of sp³-hybridized carbons (Fsp3) is 0.800. The van der Waals surface area contributed by atoms with Crippen LogP contribution in [0, 0.1) is 12.8 Å². The number of nitrogens with zero attached hydrogens (tertiary/aromatic N) is 3. The van der Waals surface area contributed by atoms with Crippen LogP contribution in [0.2, 0.25) is 0 Å². The molecule has 1 aromatic heterocycles. The Hall–Kier alpha value is -1.07. The average Bonchev–Trinajstić information content (AvgIpc) is 2.59. The summed E-state index contributed by atoms with van der Waals surface area (Å²) in [6.45, 7) is 11.1. The van der Waals surface area contributed by atoms with Crippen LogP contribution >= 0.6 is 0 Å². The number of nitrogens with two attached hydrogens (primary N) is 1. The number of ether oxygens (including phenoxy) is 1. The smallest absolute Gasteiger partial charge is 0.130 e. The Balaban J connectivity index is 3.09. The normalized spacial score (nSPS) is 13.0. The highest BCUT2D eigenvalue weighted by Crippen LogP contribution is 2.25. The van der Waals surface area contributed by atoms with Gasteiger partial charge in [0.05, 0.1) is 12.3 Å². The molecule has 0 amide bonds. The number of anilines is 1. The van der Waals surface area contributed by atoms with E-state index in [0.29, 0.717) is 12.5 Å². The number of aromatic nitrogens is 2. The van der Waals surface area contributed by atoms with Crippen LogP contribution in [-0.2, 0) is 18.2 Å². The van der Waals surface area contributed by atoms with Crippen molar-refractivity contribution in [2.45, 2.75) is 40.2 Å². The van der Waals surface area contributed by atoms with E-state index in [1.54, 1.807) is 7.11 Å². The van der Waals surface area contributed by atoms with Crippen molar-refractivity contribution in [2.75, 3.05) is 31.7 Å². The quantitative estimate of drug-likeness (QED) is 0.789. The molecule has 0 radical (unpaired) electrons. The second-order valence-electron chi connectivity index (χ2n) is 6.03. The van der Waals surface area contributed by atoms with E-state index in [9.17, 15) is 0 Å². The molecule has 1 atom stereocenters. The Bertz CT molecular complexity index is 412. The Morgan fingerprint density at radius 3 is 2.50 bits per heavy atom. The predicted molar refractivity (Wildman–Crippen MR) is 84.2 cm³/mol. The molecule has 0 aliphatic heterocycles. The summed E-state index contributed by atoms with van der Waals surface area (Å²) in [6.07, 6.45) is 0.858. The second-order valence-corrected chi connectivity index (χ2v) is 6.03. The number of hydrogen-bond donors (Lipinski definition) is 1. The van der Waals surface area contributed by atoms with Gasteiger partial charge in [-0.25, -0.2) is 0 Å².